The van der Waals surface area contributed by atoms with Gasteiger partial charge in [0.05, 0.1) is 5.41 Å². The van der Waals surface area contributed by atoms with Crippen LogP contribution in [0.15, 0.2) is 24.3 Å². The minimum atomic E-state index is -1.01. The van der Waals surface area contributed by atoms with Crippen LogP contribution in [-0.2, 0) is 9.59 Å². The summed E-state index contributed by atoms with van der Waals surface area (Å²) in [4.78, 5) is 23.0. The van der Waals surface area contributed by atoms with Gasteiger partial charge in [-0.25, -0.2) is 0 Å². The van der Waals surface area contributed by atoms with Gasteiger partial charge in [-0.1, -0.05) is 26.0 Å². The predicted octanol–water partition coefficient (Wildman–Crippen LogP) is 2.80. The van der Waals surface area contributed by atoms with Crippen molar-refractivity contribution in [2.75, 3.05) is 6.54 Å². The van der Waals surface area contributed by atoms with Gasteiger partial charge in [0.2, 0.25) is 0 Å². The van der Waals surface area contributed by atoms with E-state index in [1.807, 2.05) is 18.2 Å². The Kier molecular flexibility index (Phi) is 5.97. The molecule has 0 aliphatic rings. The van der Waals surface area contributed by atoms with E-state index in [1.54, 1.807) is 26.8 Å². The Balaban J connectivity index is 2.61. The SMILES string of the molecule is CC(Oc1cccc(C(C)C)c1)C(=O)NCC(C)(C)C(=O)O. The number of carboxylic acids is 1. The third-order valence-corrected chi connectivity index (χ3v) is 3.49. The van der Waals surface area contributed by atoms with Crippen LogP contribution >= 0.6 is 0 Å². The first kappa shape index (κ1) is 18.0. The molecular formula is C17H25NO4. The molecule has 22 heavy (non-hydrogen) atoms. The lowest BCUT2D eigenvalue weighted by Gasteiger charge is -2.21. The maximum atomic E-state index is 12.0. The van der Waals surface area contributed by atoms with Crippen LogP contribution in [-0.4, -0.2) is 29.6 Å². The number of ether oxygens (including phenoxy) is 1. The summed E-state index contributed by atoms with van der Waals surface area (Å²) in [5.74, 6) is -0.273. The van der Waals surface area contributed by atoms with Crippen LogP contribution in [0.4, 0.5) is 0 Å². The van der Waals surface area contributed by atoms with Crippen molar-refractivity contribution in [3.63, 3.8) is 0 Å². The van der Waals surface area contributed by atoms with Gasteiger partial charge in [-0.3, -0.25) is 9.59 Å². The summed E-state index contributed by atoms with van der Waals surface area (Å²) < 4.78 is 5.63. The van der Waals surface area contributed by atoms with Gasteiger partial charge in [0, 0.05) is 6.54 Å². The summed E-state index contributed by atoms with van der Waals surface area (Å²) in [5, 5.41) is 11.6. The number of amides is 1. The molecule has 1 rings (SSSR count). The van der Waals surface area contributed by atoms with Gasteiger partial charge in [0.15, 0.2) is 6.10 Å². The summed E-state index contributed by atoms with van der Waals surface area (Å²) in [6, 6.07) is 7.62. The molecule has 1 unspecified atom stereocenters. The van der Waals surface area contributed by atoms with Gasteiger partial charge in [0.25, 0.3) is 5.91 Å². The predicted molar refractivity (Wildman–Crippen MR) is 85.0 cm³/mol. The highest BCUT2D eigenvalue weighted by atomic mass is 16.5. The number of carbonyl (C=O) groups excluding carboxylic acids is 1. The average molecular weight is 307 g/mol. The zero-order valence-electron chi connectivity index (χ0n) is 13.8. The molecular weight excluding hydrogens is 282 g/mol. The number of hydrogen-bond acceptors (Lipinski definition) is 3. The molecule has 1 amide bonds. The van der Waals surface area contributed by atoms with Crippen molar-refractivity contribution in [2.45, 2.75) is 46.6 Å². The molecule has 0 spiro atoms. The van der Waals surface area contributed by atoms with Crippen LogP contribution in [0.3, 0.4) is 0 Å². The number of aliphatic carboxylic acids is 1. The van der Waals surface area contributed by atoms with Crippen molar-refractivity contribution >= 4 is 11.9 Å². The van der Waals surface area contributed by atoms with E-state index in [9.17, 15) is 9.59 Å². The molecule has 0 fully saturated rings. The van der Waals surface area contributed by atoms with Crippen molar-refractivity contribution in [1.29, 1.82) is 0 Å². The smallest absolute Gasteiger partial charge is 0.310 e. The number of nitrogens with one attached hydrogen (secondary N) is 1. The molecule has 0 aliphatic carbocycles. The average Bonchev–Trinajstić information content (AvgIpc) is 2.44. The minimum Gasteiger partial charge on any atom is -0.481 e. The molecule has 122 valence electrons. The first-order valence-electron chi connectivity index (χ1n) is 7.41. The fraction of sp³-hybridized carbons (Fsp3) is 0.529. The second-order valence-corrected chi connectivity index (χ2v) is 6.39. The number of benzene rings is 1. The second-order valence-electron chi connectivity index (χ2n) is 6.39. The summed E-state index contributed by atoms with van der Waals surface area (Å²) >= 11 is 0. The largest absolute Gasteiger partial charge is 0.481 e. The standard InChI is InChI=1S/C17H25NO4/c1-11(2)13-7-6-8-14(9-13)22-12(3)15(19)18-10-17(4,5)16(20)21/h6-9,11-12H,10H2,1-5H3,(H,18,19)(H,20,21). The number of rotatable bonds is 7. The van der Waals surface area contributed by atoms with Crippen LogP contribution in [0.25, 0.3) is 0 Å². The topological polar surface area (TPSA) is 75.6 Å². The Morgan fingerprint density at radius 2 is 1.91 bits per heavy atom. The molecule has 1 aromatic carbocycles. The summed E-state index contributed by atoms with van der Waals surface area (Å²) in [7, 11) is 0. The fourth-order valence-electron chi connectivity index (χ4n) is 1.73. The Bertz CT molecular complexity index is 537. The first-order valence-corrected chi connectivity index (χ1v) is 7.41. The Hall–Kier alpha value is -2.04. The quantitative estimate of drug-likeness (QED) is 0.812. The maximum Gasteiger partial charge on any atom is 0.310 e. The summed E-state index contributed by atoms with van der Waals surface area (Å²) in [5.41, 5.74) is 0.129. The number of carboxylic acid groups (broad SMARTS) is 1. The second kappa shape index (κ2) is 7.29. The monoisotopic (exact) mass is 307 g/mol. The van der Waals surface area contributed by atoms with E-state index in [-0.39, 0.29) is 12.5 Å². The molecule has 0 radical (unpaired) electrons. The fourth-order valence-corrected chi connectivity index (χ4v) is 1.73. The Labute approximate surface area is 131 Å². The lowest BCUT2D eigenvalue weighted by molar-refractivity contribution is -0.147. The molecule has 2 N–H and O–H groups in total. The summed E-state index contributed by atoms with van der Waals surface area (Å²) in [6.07, 6.45) is -0.688. The van der Waals surface area contributed by atoms with E-state index in [2.05, 4.69) is 19.2 Å². The van der Waals surface area contributed by atoms with Crippen molar-refractivity contribution in [3.8, 4) is 5.75 Å². The Morgan fingerprint density at radius 3 is 2.45 bits per heavy atom. The zero-order valence-corrected chi connectivity index (χ0v) is 13.8. The highest BCUT2D eigenvalue weighted by molar-refractivity contribution is 5.82. The molecule has 1 aromatic rings. The van der Waals surface area contributed by atoms with Crippen LogP contribution in [0.2, 0.25) is 0 Å². The van der Waals surface area contributed by atoms with Crippen molar-refractivity contribution in [2.24, 2.45) is 5.41 Å². The zero-order chi connectivity index (χ0) is 16.9. The minimum absolute atomic E-state index is 0.0564. The Morgan fingerprint density at radius 1 is 1.27 bits per heavy atom. The highest BCUT2D eigenvalue weighted by Gasteiger charge is 2.28. The molecule has 1 atom stereocenters. The summed E-state index contributed by atoms with van der Waals surface area (Å²) in [6.45, 7) is 9.00. The van der Waals surface area contributed by atoms with Gasteiger partial charge in [-0.05, 0) is 44.4 Å². The van der Waals surface area contributed by atoms with Gasteiger partial charge in [-0.15, -0.1) is 0 Å². The van der Waals surface area contributed by atoms with Gasteiger partial charge in [0.1, 0.15) is 5.75 Å². The maximum absolute atomic E-state index is 12.0. The van der Waals surface area contributed by atoms with Crippen molar-refractivity contribution in [1.82, 2.24) is 5.32 Å². The number of hydrogen-bond donors (Lipinski definition) is 2. The highest BCUT2D eigenvalue weighted by Crippen LogP contribution is 2.21. The first-order chi connectivity index (χ1) is 10.1. The molecule has 0 heterocycles. The van der Waals surface area contributed by atoms with Crippen LogP contribution < -0.4 is 10.1 Å². The lowest BCUT2D eigenvalue weighted by Crippen LogP contribution is -2.43. The van der Waals surface area contributed by atoms with E-state index >= 15 is 0 Å². The van der Waals surface area contributed by atoms with Gasteiger partial charge >= 0.3 is 5.97 Å². The molecule has 0 saturated carbocycles. The normalized spacial score (nSPS) is 12.8. The van der Waals surface area contributed by atoms with Gasteiger partial charge in [-0.2, -0.15) is 0 Å². The molecule has 5 nitrogen and oxygen atoms in total. The van der Waals surface area contributed by atoms with Crippen molar-refractivity contribution in [3.05, 3.63) is 29.8 Å². The van der Waals surface area contributed by atoms with E-state index in [4.69, 9.17) is 9.84 Å². The van der Waals surface area contributed by atoms with E-state index in [0.717, 1.165) is 5.56 Å². The lowest BCUT2D eigenvalue weighted by atomic mass is 9.94. The van der Waals surface area contributed by atoms with Gasteiger partial charge < -0.3 is 15.2 Å². The van der Waals surface area contributed by atoms with E-state index in [0.29, 0.717) is 11.7 Å². The molecule has 5 heteroatoms. The molecule has 0 aromatic heterocycles. The van der Waals surface area contributed by atoms with Crippen LogP contribution in [0, 0.1) is 5.41 Å². The molecule has 0 saturated heterocycles. The molecule has 0 aliphatic heterocycles. The number of carbonyl (C=O) groups is 2. The van der Waals surface area contributed by atoms with Crippen LogP contribution in [0.1, 0.15) is 46.1 Å². The van der Waals surface area contributed by atoms with E-state index < -0.39 is 17.5 Å². The van der Waals surface area contributed by atoms with E-state index in [1.165, 1.54) is 0 Å². The third-order valence-electron chi connectivity index (χ3n) is 3.49. The van der Waals surface area contributed by atoms with Crippen LogP contribution in [0.5, 0.6) is 5.75 Å². The van der Waals surface area contributed by atoms with Crippen molar-refractivity contribution < 1.29 is 19.4 Å². The molecule has 0 bridgehead atoms. The third kappa shape index (κ3) is 5.06.